The van der Waals surface area contributed by atoms with E-state index in [1.54, 1.807) is 0 Å². The first-order valence-electron chi connectivity index (χ1n) is 5.63. The Hall–Kier alpha value is -0.810. The van der Waals surface area contributed by atoms with Crippen LogP contribution >= 0.6 is 12.4 Å². The van der Waals surface area contributed by atoms with Gasteiger partial charge in [0.05, 0.1) is 5.92 Å². The molecule has 0 radical (unpaired) electrons. The predicted octanol–water partition coefficient (Wildman–Crippen LogP) is 0.0339. The number of nitrogens with two attached hydrogens (primary N) is 1. The first-order valence-corrected chi connectivity index (χ1v) is 5.63. The molecular formula is C11H22ClN3O2. The Morgan fingerprint density at radius 2 is 2.00 bits per heavy atom. The van der Waals surface area contributed by atoms with Gasteiger partial charge < -0.3 is 16.4 Å². The van der Waals surface area contributed by atoms with Gasteiger partial charge in [0, 0.05) is 6.54 Å². The van der Waals surface area contributed by atoms with Crippen molar-refractivity contribution in [1.82, 2.24) is 10.6 Å². The van der Waals surface area contributed by atoms with Gasteiger partial charge in [-0.3, -0.25) is 9.59 Å². The number of hydrogen-bond acceptors (Lipinski definition) is 3. The van der Waals surface area contributed by atoms with Crippen molar-refractivity contribution in [2.75, 3.05) is 13.1 Å². The van der Waals surface area contributed by atoms with Crippen molar-refractivity contribution in [3.05, 3.63) is 0 Å². The van der Waals surface area contributed by atoms with E-state index in [1.165, 1.54) is 0 Å². The topological polar surface area (TPSA) is 84.2 Å². The molecule has 0 aromatic rings. The van der Waals surface area contributed by atoms with Gasteiger partial charge >= 0.3 is 0 Å². The molecule has 0 spiro atoms. The third-order valence-electron chi connectivity index (χ3n) is 2.87. The lowest BCUT2D eigenvalue weighted by Gasteiger charge is -2.29. The summed E-state index contributed by atoms with van der Waals surface area (Å²) in [6, 6.07) is -0.611. The third kappa shape index (κ3) is 4.52. The SMILES string of the molecule is CC(C)(C)C(NC(=O)C1CCNC1)C(N)=O.Cl. The fourth-order valence-electron chi connectivity index (χ4n) is 1.85. The number of primary amides is 1. The van der Waals surface area contributed by atoms with Crippen LogP contribution in [0.1, 0.15) is 27.2 Å². The van der Waals surface area contributed by atoms with Gasteiger partial charge in [0.2, 0.25) is 11.8 Å². The van der Waals surface area contributed by atoms with Crippen LogP contribution in [-0.4, -0.2) is 30.9 Å². The number of rotatable bonds is 3. The van der Waals surface area contributed by atoms with Gasteiger partial charge in [-0.25, -0.2) is 0 Å². The largest absolute Gasteiger partial charge is 0.368 e. The Morgan fingerprint density at radius 1 is 1.41 bits per heavy atom. The van der Waals surface area contributed by atoms with E-state index < -0.39 is 11.9 Å². The van der Waals surface area contributed by atoms with Crippen molar-refractivity contribution in [3.63, 3.8) is 0 Å². The Morgan fingerprint density at radius 3 is 2.35 bits per heavy atom. The second kappa shape index (κ2) is 6.21. The van der Waals surface area contributed by atoms with Crippen molar-refractivity contribution < 1.29 is 9.59 Å². The molecular weight excluding hydrogens is 242 g/mol. The lowest BCUT2D eigenvalue weighted by molar-refractivity contribution is -0.131. The fourth-order valence-corrected chi connectivity index (χ4v) is 1.85. The average molecular weight is 264 g/mol. The lowest BCUT2D eigenvalue weighted by Crippen LogP contribution is -2.53. The minimum atomic E-state index is -0.611. The zero-order valence-corrected chi connectivity index (χ0v) is 11.4. The molecule has 4 N–H and O–H groups in total. The van der Waals surface area contributed by atoms with Crippen LogP contribution in [0.2, 0.25) is 0 Å². The molecule has 1 aliphatic heterocycles. The summed E-state index contributed by atoms with van der Waals surface area (Å²) in [6.07, 6.45) is 0.821. The van der Waals surface area contributed by atoms with Crippen LogP contribution in [0, 0.1) is 11.3 Å². The summed E-state index contributed by atoms with van der Waals surface area (Å²) in [5, 5.41) is 5.86. The number of amides is 2. The van der Waals surface area contributed by atoms with Gasteiger partial charge in [0.15, 0.2) is 0 Å². The molecule has 2 amide bonds. The van der Waals surface area contributed by atoms with Crippen LogP contribution < -0.4 is 16.4 Å². The molecule has 2 atom stereocenters. The maximum absolute atomic E-state index is 11.8. The number of nitrogens with one attached hydrogen (secondary N) is 2. The smallest absolute Gasteiger partial charge is 0.240 e. The highest BCUT2D eigenvalue weighted by Crippen LogP contribution is 2.20. The second-order valence-electron chi connectivity index (χ2n) is 5.40. The molecule has 0 saturated carbocycles. The van der Waals surface area contributed by atoms with Gasteiger partial charge in [0.1, 0.15) is 6.04 Å². The molecule has 0 aliphatic carbocycles. The molecule has 1 heterocycles. The Labute approximate surface area is 108 Å². The Bertz CT molecular complexity index is 283. The summed E-state index contributed by atoms with van der Waals surface area (Å²) in [5.41, 5.74) is 4.95. The van der Waals surface area contributed by atoms with Gasteiger partial charge in [-0.05, 0) is 18.4 Å². The highest BCUT2D eigenvalue weighted by molar-refractivity contribution is 5.88. The van der Waals surface area contributed by atoms with E-state index in [2.05, 4.69) is 10.6 Å². The van der Waals surface area contributed by atoms with Crippen molar-refractivity contribution >= 4 is 24.2 Å². The van der Waals surface area contributed by atoms with E-state index in [9.17, 15) is 9.59 Å². The molecule has 0 aromatic carbocycles. The minimum Gasteiger partial charge on any atom is -0.368 e. The van der Waals surface area contributed by atoms with Crippen molar-refractivity contribution in [2.45, 2.75) is 33.2 Å². The number of halogens is 1. The predicted molar refractivity (Wildman–Crippen MR) is 68.8 cm³/mol. The lowest BCUT2D eigenvalue weighted by atomic mass is 9.86. The zero-order valence-electron chi connectivity index (χ0n) is 10.6. The van der Waals surface area contributed by atoms with Gasteiger partial charge in [-0.15, -0.1) is 12.4 Å². The molecule has 17 heavy (non-hydrogen) atoms. The first-order chi connectivity index (χ1) is 7.32. The molecule has 2 unspecified atom stereocenters. The highest BCUT2D eigenvalue weighted by atomic mass is 35.5. The van der Waals surface area contributed by atoms with E-state index >= 15 is 0 Å². The molecule has 1 rings (SSSR count). The molecule has 0 bridgehead atoms. The maximum Gasteiger partial charge on any atom is 0.240 e. The second-order valence-corrected chi connectivity index (χ2v) is 5.40. The quantitative estimate of drug-likeness (QED) is 0.672. The Balaban J connectivity index is 0.00000256. The monoisotopic (exact) mass is 263 g/mol. The fraction of sp³-hybridized carbons (Fsp3) is 0.818. The molecule has 100 valence electrons. The van der Waals surface area contributed by atoms with E-state index in [1.807, 2.05) is 20.8 Å². The summed E-state index contributed by atoms with van der Waals surface area (Å²) in [4.78, 5) is 23.1. The minimum absolute atomic E-state index is 0. The molecule has 5 nitrogen and oxygen atoms in total. The summed E-state index contributed by atoms with van der Waals surface area (Å²) in [5.74, 6) is -0.597. The van der Waals surface area contributed by atoms with Gasteiger partial charge in [-0.1, -0.05) is 20.8 Å². The molecule has 1 saturated heterocycles. The number of carbonyl (C=O) groups is 2. The highest BCUT2D eigenvalue weighted by Gasteiger charge is 2.33. The average Bonchev–Trinajstić information content (AvgIpc) is 2.63. The molecule has 0 aromatic heterocycles. The summed E-state index contributed by atoms with van der Waals surface area (Å²) in [7, 11) is 0. The van der Waals surface area contributed by atoms with Crippen LogP contribution in [0.15, 0.2) is 0 Å². The van der Waals surface area contributed by atoms with Crippen molar-refractivity contribution in [2.24, 2.45) is 17.1 Å². The normalized spacial score (nSPS) is 21.5. The summed E-state index contributed by atoms with van der Waals surface area (Å²) >= 11 is 0. The first kappa shape index (κ1) is 16.2. The van der Waals surface area contributed by atoms with Gasteiger partial charge in [-0.2, -0.15) is 0 Å². The number of hydrogen-bond donors (Lipinski definition) is 3. The maximum atomic E-state index is 11.8. The van der Waals surface area contributed by atoms with E-state index in [4.69, 9.17) is 5.73 Å². The van der Waals surface area contributed by atoms with Gasteiger partial charge in [0.25, 0.3) is 0 Å². The zero-order chi connectivity index (χ0) is 12.3. The van der Waals surface area contributed by atoms with Crippen LogP contribution in [0.4, 0.5) is 0 Å². The van der Waals surface area contributed by atoms with Crippen LogP contribution in [-0.2, 0) is 9.59 Å². The Kier molecular flexibility index (Phi) is 5.92. The third-order valence-corrected chi connectivity index (χ3v) is 2.87. The molecule has 6 heteroatoms. The van der Waals surface area contributed by atoms with Crippen molar-refractivity contribution in [3.8, 4) is 0 Å². The van der Waals surface area contributed by atoms with E-state index in [-0.39, 0.29) is 29.6 Å². The standard InChI is InChI=1S/C11H21N3O2.ClH/c1-11(2,3)8(9(12)15)14-10(16)7-4-5-13-6-7;/h7-8,13H,4-6H2,1-3H3,(H2,12,15)(H,14,16);1H. The van der Waals surface area contributed by atoms with Crippen molar-refractivity contribution in [1.29, 1.82) is 0 Å². The van der Waals surface area contributed by atoms with E-state index in [0.29, 0.717) is 6.54 Å². The van der Waals surface area contributed by atoms with E-state index in [0.717, 1.165) is 13.0 Å². The molecule has 1 aliphatic rings. The molecule has 1 fully saturated rings. The summed E-state index contributed by atoms with van der Waals surface area (Å²) in [6.45, 7) is 7.19. The number of carbonyl (C=O) groups excluding carboxylic acids is 2. The van der Waals surface area contributed by atoms with Crippen LogP contribution in [0.25, 0.3) is 0 Å². The van der Waals surface area contributed by atoms with Crippen LogP contribution in [0.3, 0.4) is 0 Å². The van der Waals surface area contributed by atoms with Crippen LogP contribution in [0.5, 0.6) is 0 Å². The summed E-state index contributed by atoms with van der Waals surface area (Å²) < 4.78 is 0.